The van der Waals surface area contributed by atoms with Crippen molar-refractivity contribution in [3.05, 3.63) is 70.3 Å². The average Bonchev–Trinajstić information content (AvgIpc) is 3.07. The van der Waals surface area contributed by atoms with Crippen LogP contribution in [0, 0.1) is 6.92 Å². The summed E-state index contributed by atoms with van der Waals surface area (Å²) in [6.45, 7) is 3.12. The van der Waals surface area contributed by atoms with Gasteiger partial charge in [0.2, 0.25) is 0 Å². The van der Waals surface area contributed by atoms with Gasteiger partial charge in [-0.1, -0.05) is 35.3 Å². The first kappa shape index (κ1) is 18.2. The molecule has 0 radical (unpaired) electrons. The highest BCUT2D eigenvalue weighted by Crippen LogP contribution is 2.41. The maximum atomic E-state index is 6.50. The van der Waals surface area contributed by atoms with Gasteiger partial charge in [-0.15, -0.1) is 0 Å². The van der Waals surface area contributed by atoms with E-state index in [0.29, 0.717) is 40.3 Å². The third-order valence-corrected chi connectivity index (χ3v) is 5.47. The number of hydrogen-bond donors (Lipinski definition) is 1. The number of imidazole rings is 1. The van der Waals surface area contributed by atoms with E-state index in [0.717, 1.165) is 28.6 Å². The number of aryl methyl sites for hydroxylation is 1. The summed E-state index contributed by atoms with van der Waals surface area (Å²) < 4.78 is 13.4. The molecule has 0 atom stereocenters. The van der Waals surface area contributed by atoms with Crippen LogP contribution in [-0.2, 0) is 0 Å². The van der Waals surface area contributed by atoms with Gasteiger partial charge in [-0.3, -0.25) is 4.40 Å². The molecule has 3 heterocycles. The van der Waals surface area contributed by atoms with Crippen LogP contribution in [0.4, 0.5) is 11.5 Å². The van der Waals surface area contributed by atoms with Gasteiger partial charge in [0.25, 0.3) is 0 Å². The number of nitrogens with one attached hydrogen (secondary N) is 1. The lowest BCUT2D eigenvalue weighted by Crippen LogP contribution is -2.15. The number of rotatable bonds is 3. The SMILES string of the molecule is Cc1cccc2nc(-c3c(Cl)cccc3Cl)c(Nc3ccc4c(c3)OCCO4)n12. The molecule has 146 valence electrons. The Hall–Kier alpha value is -2.89. The van der Waals surface area contributed by atoms with Gasteiger partial charge in [0.15, 0.2) is 11.5 Å². The number of pyridine rings is 1. The first-order chi connectivity index (χ1) is 14.1. The second-order valence-electron chi connectivity index (χ2n) is 6.75. The Balaban J connectivity index is 1.70. The van der Waals surface area contributed by atoms with Crippen molar-refractivity contribution in [3.8, 4) is 22.8 Å². The Labute approximate surface area is 177 Å². The third-order valence-electron chi connectivity index (χ3n) is 4.84. The molecule has 0 spiro atoms. The lowest BCUT2D eigenvalue weighted by molar-refractivity contribution is 0.171. The molecular weight excluding hydrogens is 409 g/mol. The predicted octanol–water partition coefficient (Wildman–Crippen LogP) is 6.13. The predicted molar refractivity (Wildman–Crippen MR) is 116 cm³/mol. The lowest BCUT2D eigenvalue weighted by Gasteiger charge is -2.19. The number of nitrogens with zero attached hydrogens (tertiary/aromatic N) is 2. The zero-order valence-corrected chi connectivity index (χ0v) is 17.1. The third kappa shape index (κ3) is 3.16. The van der Waals surface area contributed by atoms with Crippen LogP contribution in [0.5, 0.6) is 11.5 Å². The van der Waals surface area contributed by atoms with Crippen molar-refractivity contribution in [2.45, 2.75) is 6.92 Å². The van der Waals surface area contributed by atoms with E-state index in [-0.39, 0.29) is 0 Å². The topological polar surface area (TPSA) is 47.8 Å². The molecule has 0 saturated carbocycles. The highest BCUT2D eigenvalue weighted by molar-refractivity contribution is 6.39. The summed E-state index contributed by atoms with van der Waals surface area (Å²) in [7, 11) is 0. The molecule has 29 heavy (non-hydrogen) atoms. The summed E-state index contributed by atoms with van der Waals surface area (Å²) in [4.78, 5) is 4.82. The van der Waals surface area contributed by atoms with Gasteiger partial charge < -0.3 is 14.8 Å². The van der Waals surface area contributed by atoms with Crippen LogP contribution in [0.3, 0.4) is 0 Å². The quantitative estimate of drug-likeness (QED) is 0.428. The Kier molecular flexibility index (Phi) is 4.49. The number of benzene rings is 2. The normalized spacial score (nSPS) is 12.9. The number of hydrogen-bond acceptors (Lipinski definition) is 4. The molecule has 1 aliphatic rings. The number of ether oxygens (including phenoxy) is 2. The van der Waals surface area contributed by atoms with Crippen LogP contribution < -0.4 is 14.8 Å². The molecular formula is C22H17Cl2N3O2. The van der Waals surface area contributed by atoms with Crippen molar-refractivity contribution in [3.63, 3.8) is 0 Å². The van der Waals surface area contributed by atoms with Gasteiger partial charge in [-0.2, -0.15) is 0 Å². The van der Waals surface area contributed by atoms with Gasteiger partial charge in [-0.05, 0) is 43.3 Å². The molecule has 5 rings (SSSR count). The van der Waals surface area contributed by atoms with E-state index < -0.39 is 0 Å². The maximum Gasteiger partial charge on any atom is 0.163 e. The minimum absolute atomic E-state index is 0.533. The van der Waals surface area contributed by atoms with E-state index in [2.05, 4.69) is 5.32 Å². The Morgan fingerprint density at radius 1 is 0.931 bits per heavy atom. The molecule has 5 nitrogen and oxygen atoms in total. The standard InChI is InChI=1S/C22H17Cl2N3O2/c1-13-4-2-7-19-26-21(20-15(23)5-3-6-16(20)24)22(27(13)19)25-14-8-9-17-18(12-14)29-11-10-28-17/h2-9,12,25H,10-11H2,1H3. The minimum Gasteiger partial charge on any atom is -0.486 e. The van der Waals surface area contributed by atoms with Crippen LogP contribution in [-0.4, -0.2) is 22.6 Å². The smallest absolute Gasteiger partial charge is 0.163 e. The van der Waals surface area contributed by atoms with Gasteiger partial charge >= 0.3 is 0 Å². The highest BCUT2D eigenvalue weighted by Gasteiger charge is 2.21. The van der Waals surface area contributed by atoms with Crippen molar-refractivity contribution in [2.24, 2.45) is 0 Å². The molecule has 0 amide bonds. The fourth-order valence-corrected chi connectivity index (χ4v) is 4.10. The first-order valence-electron chi connectivity index (χ1n) is 9.21. The zero-order chi connectivity index (χ0) is 20.0. The summed E-state index contributed by atoms with van der Waals surface area (Å²) in [5, 5.41) is 4.58. The fraction of sp³-hybridized carbons (Fsp3) is 0.136. The first-order valence-corrected chi connectivity index (χ1v) is 9.96. The molecule has 0 aliphatic carbocycles. The molecule has 2 aromatic carbocycles. The Morgan fingerprint density at radius 2 is 1.66 bits per heavy atom. The summed E-state index contributed by atoms with van der Waals surface area (Å²) in [5.74, 6) is 2.24. The van der Waals surface area contributed by atoms with E-state index in [1.807, 2.05) is 65.9 Å². The summed E-state index contributed by atoms with van der Waals surface area (Å²) in [5.41, 5.74) is 4.06. The highest BCUT2D eigenvalue weighted by atomic mass is 35.5. The van der Waals surface area contributed by atoms with Crippen LogP contribution >= 0.6 is 23.2 Å². The van der Waals surface area contributed by atoms with Crippen molar-refractivity contribution in [2.75, 3.05) is 18.5 Å². The Bertz CT molecular complexity index is 1220. The molecule has 0 bridgehead atoms. The molecule has 1 N–H and O–H groups in total. The number of aromatic nitrogens is 2. The van der Waals surface area contributed by atoms with E-state index in [1.54, 1.807) is 0 Å². The second kappa shape index (κ2) is 7.17. The van der Waals surface area contributed by atoms with Crippen molar-refractivity contribution >= 4 is 40.4 Å². The monoisotopic (exact) mass is 425 g/mol. The van der Waals surface area contributed by atoms with Crippen molar-refractivity contribution in [1.29, 1.82) is 0 Å². The van der Waals surface area contributed by atoms with E-state index in [4.69, 9.17) is 37.7 Å². The number of anilines is 2. The van der Waals surface area contributed by atoms with Gasteiger partial charge in [0, 0.05) is 23.0 Å². The Morgan fingerprint density at radius 3 is 2.45 bits per heavy atom. The number of fused-ring (bicyclic) bond motifs is 2. The van der Waals surface area contributed by atoms with E-state index in [9.17, 15) is 0 Å². The van der Waals surface area contributed by atoms with E-state index in [1.165, 1.54) is 0 Å². The molecule has 0 unspecified atom stereocenters. The summed E-state index contributed by atoms with van der Waals surface area (Å²) in [6.07, 6.45) is 0. The summed E-state index contributed by atoms with van der Waals surface area (Å²) in [6, 6.07) is 17.2. The van der Waals surface area contributed by atoms with Crippen LogP contribution in [0.25, 0.3) is 16.9 Å². The van der Waals surface area contributed by atoms with Crippen LogP contribution in [0.1, 0.15) is 5.69 Å². The molecule has 2 aromatic heterocycles. The number of halogens is 2. The average molecular weight is 426 g/mol. The van der Waals surface area contributed by atoms with Crippen molar-refractivity contribution < 1.29 is 9.47 Å². The zero-order valence-electron chi connectivity index (χ0n) is 15.6. The van der Waals surface area contributed by atoms with E-state index >= 15 is 0 Å². The molecule has 4 aromatic rings. The molecule has 1 aliphatic heterocycles. The molecule has 0 fully saturated rings. The summed E-state index contributed by atoms with van der Waals surface area (Å²) >= 11 is 13.0. The van der Waals surface area contributed by atoms with Gasteiger partial charge in [0.1, 0.15) is 30.4 Å². The maximum absolute atomic E-state index is 6.50. The van der Waals surface area contributed by atoms with Crippen LogP contribution in [0.15, 0.2) is 54.6 Å². The largest absolute Gasteiger partial charge is 0.486 e. The molecule has 0 saturated heterocycles. The fourth-order valence-electron chi connectivity index (χ4n) is 3.53. The minimum atomic E-state index is 0.533. The van der Waals surface area contributed by atoms with Gasteiger partial charge in [-0.25, -0.2) is 4.98 Å². The lowest BCUT2D eigenvalue weighted by atomic mass is 10.1. The van der Waals surface area contributed by atoms with Gasteiger partial charge in [0.05, 0.1) is 10.0 Å². The van der Waals surface area contributed by atoms with Crippen LogP contribution in [0.2, 0.25) is 10.0 Å². The van der Waals surface area contributed by atoms with Crippen molar-refractivity contribution in [1.82, 2.24) is 9.38 Å². The molecule has 7 heteroatoms. The second-order valence-corrected chi connectivity index (χ2v) is 7.56.